The first-order valence-electron chi connectivity index (χ1n) is 9.55. The fourth-order valence-corrected chi connectivity index (χ4v) is 3.28. The summed E-state index contributed by atoms with van der Waals surface area (Å²) in [7, 11) is 5.28. The highest BCUT2D eigenvalue weighted by molar-refractivity contribution is 5.93. The van der Waals surface area contributed by atoms with Gasteiger partial charge in [0.05, 0.1) is 6.61 Å². The molecular formula is C22H28N4O2. The Labute approximate surface area is 166 Å². The highest BCUT2D eigenvalue weighted by Gasteiger charge is 2.21. The second kappa shape index (κ2) is 9.26. The van der Waals surface area contributed by atoms with Crippen LogP contribution in [0.5, 0.6) is 5.75 Å². The molecule has 2 aromatic carbocycles. The summed E-state index contributed by atoms with van der Waals surface area (Å²) < 4.78 is 5.73. The predicted octanol–water partition coefficient (Wildman–Crippen LogP) is 2.62. The minimum absolute atomic E-state index is 0.00808. The third kappa shape index (κ3) is 4.82. The van der Waals surface area contributed by atoms with Crippen molar-refractivity contribution in [1.82, 2.24) is 15.5 Å². The summed E-state index contributed by atoms with van der Waals surface area (Å²) in [4.78, 5) is 17.9. The number of carbonyl (C=O) groups excluding carboxylic acids is 1. The fourth-order valence-electron chi connectivity index (χ4n) is 3.28. The number of ether oxygens (including phenoxy) is 1. The van der Waals surface area contributed by atoms with Crippen molar-refractivity contribution in [2.24, 2.45) is 4.99 Å². The monoisotopic (exact) mass is 380 g/mol. The Morgan fingerprint density at radius 3 is 2.61 bits per heavy atom. The summed E-state index contributed by atoms with van der Waals surface area (Å²) in [6.45, 7) is 2.18. The zero-order valence-corrected chi connectivity index (χ0v) is 16.7. The van der Waals surface area contributed by atoms with E-state index in [1.807, 2.05) is 36.4 Å². The van der Waals surface area contributed by atoms with E-state index in [1.165, 1.54) is 5.56 Å². The van der Waals surface area contributed by atoms with Crippen LogP contribution in [-0.2, 0) is 6.54 Å². The number of benzene rings is 2. The number of guanidine groups is 1. The summed E-state index contributed by atoms with van der Waals surface area (Å²) in [5.41, 5.74) is 3.03. The molecule has 0 radical (unpaired) electrons. The zero-order valence-electron chi connectivity index (χ0n) is 16.7. The molecule has 1 heterocycles. The van der Waals surface area contributed by atoms with Crippen LogP contribution in [0.25, 0.3) is 0 Å². The van der Waals surface area contributed by atoms with Crippen molar-refractivity contribution in [3.63, 3.8) is 0 Å². The van der Waals surface area contributed by atoms with E-state index in [0.29, 0.717) is 18.0 Å². The molecule has 1 aliphatic rings. The number of amides is 1. The van der Waals surface area contributed by atoms with Crippen LogP contribution in [0, 0.1) is 0 Å². The van der Waals surface area contributed by atoms with Gasteiger partial charge in [0.25, 0.3) is 5.91 Å². The average molecular weight is 380 g/mol. The number of rotatable bonds is 5. The van der Waals surface area contributed by atoms with Gasteiger partial charge in [0.1, 0.15) is 5.75 Å². The summed E-state index contributed by atoms with van der Waals surface area (Å²) in [6.07, 6.45) is 0.988. The number of para-hydroxylation sites is 1. The lowest BCUT2D eigenvalue weighted by molar-refractivity contribution is 0.0827. The van der Waals surface area contributed by atoms with Crippen molar-refractivity contribution in [1.29, 1.82) is 0 Å². The second-order valence-electron chi connectivity index (χ2n) is 7.08. The molecule has 0 aliphatic carbocycles. The number of fused-ring (bicyclic) bond motifs is 1. The number of nitrogens with one attached hydrogen (secondary N) is 2. The Kier molecular flexibility index (Phi) is 6.53. The first-order valence-corrected chi connectivity index (χ1v) is 9.55. The van der Waals surface area contributed by atoms with Crippen LogP contribution >= 0.6 is 0 Å². The van der Waals surface area contributed by atoms with Gasteiger partial charge in [-0.05, 0) is 35.7 Å². The van der Waals surface area contributed by atoms with Gasteiger partial charge in [0.15, 0.2) is 5.96 Å². The molecule has 3 rings (SSSR count). The van der Waals surface area contributed by atoms with Crippen molar-refractivity contribution in [2.75, 3.05) is 34.3 Å². The normalized spacial score (nSPS) is 16.0. The van der Waals surface area contributed by atoms with Gasteiger partial charge in [-0.2, -0.15) is 0 Å². The van der Waals surface area contributed by atoms with E-state index in [1.54, 1.807) is 26.0 Å². The maximum Gasteiger partial charge on any atom is 0.253 e. The van der Waals surface area contributed by atoms with Crippen LogP contribution in [0.4, 0.5) is 0 Å². The number of hydrogen-bond donors (Lipinski definition) is 2. The van der Waals surface area contributed by atoms with E-state index >= 15 is 0 Å². The smallest absolute Gasteiger partial charge is 0.253 e. The summed E-state index contributed by atoms with van der Waals surface area (Å²) in [5, 5.41) is 6.75. The largest absolute Gasteiger partial charge is 0.493 e. The molecule has 28 heavy (non-hydrogen) atoms. The lowest BCUT2D eigenvalue weighted by Crippen LogP contribution is -2.39. The molecule has 0 saturated heterocycles. The predicted molar refractivity (Wildman–Crippen MR) is 112 cm³/mol. The van der Waals surface area contributed by atoms with Crippen molar-refractivity contribution in [2.45, 2.75) is 18.9 Å². The number of aliphatic imine (C=N–C) groups is 1. The quantitative estimate of drug-likeness (QED) is 0.618. The molecule has 1 amide bonds. The minimum atomic E-state index is 0.00808. The Balaban J connectivity index is 1.52. The molecule has 1 unspecified atom stereocenters. The van der Waals surface area contributed by atoms with Crippen LogP contribution < -0.4 is 15.4 Å². The lowest BCUT2D eigenvalue weighted by Gasteiger charge is -2.26. The molecule has 1 atom stereocenters. The Bertz CT molecular complexity index is 831. The molecule has 0 saturated carbocycles. The third-order valence-electron chi connectivity index (χ3n) is 4.89. The Morgan fingerprint density at radius 2 is 1.89 bits per heavy atom. The highest BCUT2D eigenvalue weighted by Crippen LogP contribution is 2.32. The van der Waals surface area contributed by atoms with Crippen LogP contribution in [-0.4, -0.2) is 51.1 Å². The molecule has 0 fully saturated rings. The van der Waals surface area contributed by atoms with Gasteiger partial charge in [0.2, 0.25) is 0 Å². The molecular weight excluding hydrogens is 352 g/mol. The second-order valence-corrected chi connectivity index (χ2v) is 7.08. The van der Waals surface area contributed by atoms with Crippen molar-refractivity contribution in [3.8, 4) is 5.75 Å². The van der Waals surface area contributed by atoms with E-state index in [0.717, 1.165) is 36.8 Å². The number of carbonyl (C=O) groups is 1. The van der Waals surface area contributed by atoms with Crippen LogP contribution in [0.3, 0.4) is 0 Å². The van der Waals surface area contributed by atoms with Gasteiger partial charge in [-0.15, -0.1) is 0 Å². The van der Waals surface area contributed by atoms with E-state index in [-0.39, 0.29) is 5.91 Å². The van der Waals surface area contributed by atoms with Crippen molar-refractivity contribution >= 4 is 11.9 Å². The average Bonchev–Trinajstić information content (AvgIpc) is 2.73. The van der Waals surface area contributed by atoms with E-state index in [9.17, 15) is 4.79 Å². The van der Waals surface area contributed by atoms with Crippen LogP contribution in [0.1, 0.15) is 33.8 Å². The van der Waals surface area contributed by atoms with Gasteiger partial charge >= 0.3 is 0 Å². The molecule has 148 valence electrons. The topological polar surface area (TPSA) is 66.0 Å². The minimum Gasteiger partial charge on any atom is -0.493 e. The summed E-state index contributed by atoms with van der Waals surface area (Å²) >= 11 is 0. The Morgan fingerprint density at radius 1 is 1.14 bits per heavy atom. The maximum absolute atomic E-state index is 12.0. The van der Waals surface area contributed by atoms with Crippen LogP contribution in [0.15, 0.2) is 53.5 Å². The fraction of sp³-hybridized carbons (Fsp3) is 0.364. The van der Waals surface area contributed by atoms with Gasteiger partial charge < -0.3 is 20.3 Å². The number of nitrogens with zero attached hydrogens (tertiary/aromatic N) is 2. The highest BCUT2D eigenvalue weighted by atomic mass is 16.5. The standard InChI is InChI=1S/C22H28N4O2/c1-23-22(24-14-16-8-10-17(11-9-16)21(27)26(2)3)25-15-18-12-13-28-20-7-5-4-6-19(18)20/h4-11,18H,12-15H2,1-3H3,(H2,23,24,25). The van der Waals surface area contributed by atoms with Crippen LogP contribution in [0.2, 0.25) is 0 Å². The first-order chi connectivity index (χ1) is 13.6. The van der Waals surface area contributed by atoms with Crippen molar-refractivity contribution in [3.05, 3.63) is 65.2 Å². The van der Waals surface area contributed by atoms with Gasteiger partial charge in [-0.3, -0.25) is 9.79 Å². The first kappa shape index (κ1) is 19.7. The van der Waals surface area contributed by atoms with Crippen molar-refractivity contribution < 1.29 is 9.53 Å². The summed E-state index contributed by atoms with van der Waals surface area (Å²) in [6, 6.07) is 15.9. The molecule has 0 aromatic heterocycles. The van der Waals surface area contributed by atoms with E-state index in [2.05, 4.69) is 27.8 Å². The zero-order chi connectivity index (χ0) is 19.9. The van der Waals surface area contributed by atoms with Gasteiger partial charge in [-0.25, -0.2) is 0 Å². The molecule has 6 heteroatoms. The molecule has 6 nitrogen and oxygen atoms in total. The number of hydrogen-bond acceptors (Lipinski definition) is 3. The van der Waals surface area contributed by atoms with E-state index < -0.39 is 0 Å². The van der Waals surface area contributed by atoms with Gasteiger partial charge in [0, 0.05) is 45.7 Å². The molecule has 1 aliphatic heterocycles. The van der Waals surface area contributed by atoms with Gasteiger partial charge in [-0.1, -0.05) is 30.3 Å². The maximum atomic E-state index is 12.0. The molecule has 2 aromatic rings. The molecule has 2 N–H and O–H groups in total. The molecule has 0 spiro atoms. The summed E-state index contributed by atoms with van der Waals surface area (Å²) in [5.74, 6) is 2.15. The molecule has 0 bridgehead atoms. The van der Waals surface area contributed by atoms with E-state index in [4.69, 9.17) is 4.74 Å². The SMILES string of the molecule is CN=C(NCc1ccc(C(=O)N(C)C)cc1)NCC1CCOc2ccccc21. The Hall–Kier alpha value is -3.02. The lowest BCUT2D eigenvalue weighted by atomic mass is 9.93. The third-order valence-corrected chi connectivity index (χ3v) is 4.89.